The minimum atomic E-state index is 0.853. The van der Waals surface area contributed by atoms with E-state index >= 15 is 0 Å². The molecule has 9 heavy (non-hydrogen) atoms. The fraction of sp³-hybridized carbons (Fsp3) is 1.00. The van der Waals surface area contributed by atoms with Crippen LogP contribution in [0.3, 0.4) is 0 Å². The van der Waals surface area contributed by atoms with E-state index in [-0.39, 0.29) is 0 Å². The molecular weight excluding hydrogens is 225 g/mol. The lowest BCUT2D eigenvalue weighted by atomic mass is 10.0. The second-order valence-electron chi connectivity index (χ2n) is 2.51. The van der Waals surface area contributed by atoms with E-state index < -0.39 is 0 Å². The van der Waals surface area contributed by atoms with Crippen LogP contribution in [0.25, 0.3) is 0 Å². The van der Waals surface area contributed by atoms with Crippen LogP contribution in [0, 0.1) is 5.92 Å². The quantitative estimate of drug-likeness (QED) is 0.579. The Hall–Kier alpha value is 0.690. The van der Waals surface area contributed by atoms with Crippen molar-refractivity contribution in [3.63, 3.8) is 0 Å². The molecule has 0 amide bonds. The third-order valence-corrected chi connectivity index (χ3v) is 2.13. The number of halogens is 1. The summed E-state index contributed by atoms with van der Waals surface area (Å²) in [6.45, 7) is 3.15. The highest BCUT2D eigenvalue weighted by molar-refractivity contribution is 14.1. The van der Waals surface area contributed by atoms with Crippen molar-refractivity contribution >= 4 is 22.6 Å². The molecule has 0 aromatic rings. The SMILES string of the molecule is CC(CCI)CCCN. The first-order chi connectivity index (χ1) is 4.31. The van der Waals surface area contributed by atoms with E-state index in [2.05, 4.69) is 29.5 Å². The van der Waals surface area contributed by atoms with Gasteiger partial charge in [-0.2, -0.15) is 0 Å². The molecular formula is C7H16IN. The van der Waals surface area contributed by atoms with Crippen LogP contribution in [0.5, 0.6) is 0 Å². The van der Waals surface area contributed by atoms with Crippen LogP contribution in [0.15, 0.2) is 0 Å². The summed E-state index contributed by atoms with van der Waals surface area (Å²) in [6.07, 6.45) is 3.85. The van der Waals surface area contributed by atoms with Crippen LogP contribution >= 0.6 is 22.6 Å². The molecule has 1 unspecified atom stereocenters. The molecule has 0 heterocycles. The van der Waals surface area contributed by atoms with Gasteiger partial charge in [0.2, 0.25) is 0 Å². The molecule has 0 radical (unpaired) electrons. The molecule has 2 heteroatoms. The maximum Gasteiger partial charge on any atom is -0.000219 e. The number of hydrogen-bond donors (Lipinski definition) is 1. The van der Waals surface area contributed by atoms with Gasteiger partial charge in [0, 0.05) is 0 Å². The van der Waals surface area contributed by atoms with Crippen LogP contribution in [0.4, 0.5) is 0 Å². The third-order valence-electron chi connectivity index (χ3n) is 1.50. The fourth-order valence-electron chi connectivity index (χ4n) is 0.797. The Kier molecular flexibility index (Phi) is 7.33. The van der Waals surface area contributed by atoms with Gasteiger partial charge in [0.05, 0.1) is 0 Å². The highest BCUT2D eigenvalue weighted by Gasteiger charge is 1.98. The Balaban J connectivity index is 2.95. The van der Waals surface area contributed by atoms with Crippen molar-refractivity contribution in [3.05, 3.63) is 0 Å². The summed E-state index contributed by atoms with van der Waals surface area (Å²) < 4.78 is 1.28. The van der Waals surface area contributed by atoms with Crippen molar-refractivity contribution in [1.82, 2.24) is 0 Å². The molecule has 0 aromatic heterocycles. The van der Waals surface area contributed by atoms with E-state index in [9.17, 15) is 0 Å². The number of rotatable bonds is 5. The fourth-order valence-corrected chi connectivity index (χ4v) is 1.86. The van der Waals surface area contributed by atoms with E-state index in [0.29, 0.717) is 0 Å². The zero-order chi connectivity index (χ0) is 7.11. The Labute approximate surface area is 71.5 Å². The van der Waals surface area contributed by atoms with E-state index in [4.69, 9.17) is 5.73 Å². The topological polar surface area (TPSA) is 26.0 Å². The highest BCUT2D eigenvalue weighted by Crippen LogP contribution is 2.10. The standard InChI is InChI=1S/C7H16IN/c1-7(4-5-8)3-2-6-9/h7H,2-6,9H2,1H3. The summed E-state index contributed by atoms with van der Waals surface area (Å²) in [5, 5.41) is 0. The van der Waals surface area contributed by atoms with Gasteiger partial charge in [-0.05, 0) is 36.2 Å². The summed E-state index contributed by atoms with van der Waals surface area (Å²) >= 11 is 2.42. The predicted octanol–water partition coefficient (Wildman–Crippen LogP) is 2.19. The van der Waals surface area contributed by atoms with Gasteiger partial charge in [-0.1, -0.05) is 29.5 Å². The van der Waals surface area contributed by atoms with Gasteiger partial charge in [0.25, 0.3) is 0 Å². The van der Waals surface area contributed by atoms with Crippen LogP contribution < -0.4 is 5.73 Å². The minimum Gasteiger partial charge on any atom is -0.330 e. The van der Waals surface area contributed by atoms with Crippen molar-refractivity contribution in [2.75, 3.05) is 11.0 Å². The van der Waals surface area contributed by atoms with E-state index in [1.165, 1.54) is 23.7 Å². The monoisotopic (exact) mass is 241 g/mol. The Morgan fingerprint density at radius 3 is 2.56 bits per heavy atom. The van der Waals surface area contributed by atoms with Crippen molar-refractivity contribution < 1.29 is 0 Å². The zero-order valence-corrected chi connectivity index (χ0v) is 8.23. The molecule has 0 saturated carbocycles. The largest absolute Gasteiger partial charge is 0.330 e. The van der Waals surface area contributed by atoms with E-state index in [0.717, 1.165) is 12.5 Å². The van der Waals surface area contributed by atoms with Gasteiger partial charge in [0.1, 0.15) is 0 Å². The molecule has 0 aliphatic carbocycles. The molecule has 0 rings (SSSR count). The van der Waals surface area contributed by atoms with Crippen LogP contribution in [0.1, 0.15) is 26.2 Å². The average molecular weight is 241 g/mol. The number of hydrogen-bond acceptors (Lipinski definition) is 1. The summed E-state index contributed by atoms with van der Waals surface area (Å²) in [5.41, 5.74) is 5.37. The molecule has 0 spiro atoms. The molecule has 0 bridgehead atoms. The van der Waals surface area contributed by atoms with Crippen molar-refractivity contribution in [1.29, 1.82) is 0 Å². The maximum atomic E-state index is 5.37. The highest BCUT2D eigenvalue weighted by atomic mass is 127. The molecule has 1 atom stereocenters. The number of alkyl halides is 1. The second kappa shape index (κ2) is 6.81. The van der Waals surface area contributed by atoms with Gasteiger partial charge in [-0.15, -0.1) is 0 Å². The Morgan fingerprint density at radius 1 is 1.44 bits per heavy atom. The molecule has 0 aromatic carbocycles. The molecule has 0 aliphatic heterocycles. The molecule has 0 aliphatic rings. The average Bonchev–Trinajstić information content (AvgIpc) is 1.85. The summed E-state index contributed by atoms with van der Waals surface area (Å²) in [4.78, 5) is 0. The van der Waals surface area contributed by atoms with Gasteiger partial charge >= 0.3 is 0 Å². The van der Waals surface area contributed by atoms with Crippen molar-refractivity contribution in [2.24, 2.45) is 11.7 Å². The van der Waals surface area contributed by atoms with Gasteiger partial charge in [0.15, 0.2) is 0 Å². The first kappa shape index (κ1) is 9.69. The lowest BCUT2D eigenvalue weighted by Crippen LogP contribution is -2.02. The van der Waals surface area contributed by atoms with Crippen LogP contribution in [-0.4, -0.2) is 11.0 Å². The smallest absolute Gasteiger partial charge is 0.000219 e. The Morgan fingerprint density at radius 2 is 2.11 bits per heavy atom. The van der Waals surface area contributed by atoms with Crippen LogP contribution in [0.2, 0.25) is 0 Å². The summed E-state index contributed by atoms with van der Waals surface area (Å²) in [6, 6.07) is 0. The molecule has 2 N–H and O–H groups in total. The Bertz CT molecular complexity index is 56.9. The molecule has 0 fully saturated rings. The maximum absolute atomic E-state index is 5.37. The van der Waals surface area contributed by atoms with Crippen LogP contribution in [-0.2, 0) is 0 Å². The van der Waals surface area contributed by atoms with Gasteiger partial charge in [-0.25, -0.2) is 0 Å². The molecule has 1 nitrogen and oxygen atoms in total. The lowest BCUT2D eigenvalue weighted by Gasteiger charge is -2.06. The minimum absolute atomic E-state index is 0.853. The summed E-state index contributed by atoms with van der Waals surface area (Å²) in [5.74, 6) is 0.880. The normalized spacial score (nSPS) is 13.7. The molecule has 0 saturated heterocycles. The first-order valence-electron chi connectivity index (χ1n) is 3.57. The van der Waals surface area contributed by atoms with Gasteiger partial charge in [-0.3, -0.25) is 0 Å². The van der Waals surface area contributed by atoms with E-state index in [1.54, 1.807) is 0 Å². The molecule has 56 valence electrons. The predicted molar refractivity (Wildman–Crippen MR) is 51.0 cm³/mol. The third kappa shape index (κ3) is 6.58. The second-order valence-corrected chi connectivity index (χ2v) is 3.59. The van der Waals surface area contributed by atoms with Crippen molar-refractivity contribution in [2.45, 2.75) is 26.2 Å². The lowest BCUT2D eigenvalue weighted by molar-refractivity contribution is 0.506. The van der Waals surface area contributed by atoms with Crippen molar-refractivity contribution in [3.8, 4) is 0 Å². The first-order valence-corrected chi connectivity index (χ1v) is 5.09. The zero-order valence-electron chi connectivity index (χ0n) is 6.07. The summed E-state index contributed by atoms with van der Waals surface area (Å²) in [7, 11) is 0. The number of nitrogens with two attached hydrogens (primary N) is 1. The van der Waals surface area contributed by atoms with Gasteiger partial charge < -0.3 is 5.73 Å². The van der Waals surface area contributed by atoms with E-state index in [1.807, 2.05) is 0 Å².